The van der Waals surface area contributed by atoms with Gasteiger partial charge < -0.3 is 10.1 Å². The molecule has 1 fully saturated rings. The average Bonchev–Trinajstić information content (AvgIpc) is 2.73. The molecule has 0 aromatic heterocycles. The number of anilines is 1. The number of rotatable bonds is 8. The van der Waals surface area contributed by atoms with E-state index in [9.17, 15) is 13.2 Å². The highest BCUT2D eigenvalue weighted by molar-refractivity contribution is 7.92. The summed E-state index contributed by atoms with van der Waals surface area (Å²) in [7, 11) is -3.53. The number of amides is 1. The molecule has 0 bridgehead atoms. The fourth-order valence-electron chi connectivity index (χ4n) is 3.76. The fourth-order valence-corrected chi connectivity index (χ4v) is 4.66. The molecule has 0 spiro atoms. The minimum absolute atomic E-state index is 0.0740. The van der Waals surface area contributed by atoms with Crippen molar-refractivity contribution >= 4 is 21.6 Å². The third kappa shape index (κ3) is 5.75. The zero-order chi connectivity index (χ0) is 21.6. The van der Waals surface area contributed by atoms with Gasteiger partial charge in [0, 0.05) is 11.6 Å². The van der Waals surface area contributed by atoms with Crippen molar-refractivity contribution in [3.63, 3.8) is 0 Å². The SMILES string of the molecule is CCOc1ccccc1N(Cc1ccc(C(=O)NC2CCCCC2)cc1)S(C)(=O)=O. The summed E-state index contributed by atoms with van der Waals surface area (Å²) in [5, 5.41) is 3.11. The molecule has 0 atom stereocenters. The summed E-state index contributed by atoms with van der Waals surface area (Å²) in [6, 6.07) is 14.5. The van der Waals surface area contributed by atoms with Crippen LogP contribution in [0.1, 0.15) is 54.9 Å². The van der Waals surface area contributed by atoms with Gasteiger partial charge in [0.15, 0.2) is 0 Å². The zero-order valence-corrected chi connectivity index (χ0v) is 18.5. The topological polar surface area (TPSA) is 75.7 Å². The van der Waals surface area contributed by atoms with Gasteiger partial charge in [-0.05, 0) is 49.6 Å². The molecule has 1 amide bonds. The van der Waals surface area contributed by atoms with E-state index in [1.54, 1.807) is 42.5 Å². The van der Waals surface area contributed by atoms with Crippen molar-refractivity contribution < 1.29 is 17.9 Å². The first-order valence-electron chi connectivity index (χ1n) is 10.5. The number of benzene rings is 2. The lowest BCUT2D eigenvalue weighted by atomic mass is 9.95. The fraction of sp³-hybridized carbons (Fsp3) is 0.435. The third-order valence-electron chi connectivity index (χ3n) is 5.32. The van der Waals surface area contributed by atoms with Crippen LogP contribution in [0.5, 0.6) is 5.75 Å². The van der Waals surface area contributed by atoms with E-state index < -0.39 is 10.0 Å². The van der Waals surface area contributed by atoms with Gasteiger partial charge in [0.25, 0.3) is 5.91 Å². The van der Waals surface area contributed by atoms with Crippen molar-refractivity contribution in [2.45, 2.75) is 51.6 Å². The van der Waals surface area contributed by atoms with E-state index >= 15 is 0 Å². The molecule has 1 aliphatic rings. The number of carbonyl (C=O) groups excluding carboxylic acids is 1. The van der Waals surface area contributed by atoms with Gasteiger partial charge in [0.2, 0.25) is 10.0 Å². The standard InChI is InChI=1S/C23H30N2O4S/c1-3-29-22-12-8-7-11-21(22)25(30(2,27)28)17-18-13-15-19(16-14-18)23(26)24-20-9-5-4-6-10-20/h7-8,11-16,20H,3-6,9-10,17H2,1-2H3,(H,24,26). The van der Waals surface area contributed by atoms with E-state index in [-0.39, 0.29) is 18.5 Å². The predicted octanol–water partition coefficient (Wildman–Crippen LogP) is 4.11. The van der Waals surface area contributed by atoms with Crippen molar-refractivity contribution in [2.75, 3.05) is 17.2 Å². The van der Waals surface area contributed by atoms with E-state index in [0.717, 1.165) is 31.2 Å². The second-order valence-corrected chi connectivity index (χ2v) is 9.58. The first kappa shape index (κ1) is 22.2. The lowest BCUT2D eigenvalue weighted by Crippen LogP contribution is -2.36. The minimum atomic E-state index is -3.53. The van der Waals surface area contributed by atoms with Gasteiger partial charge in [-0.1, -0.05) is 43.5 Å². The molecule has 7 heteroatoms. The second-order valence-electron chi connectivity index (χ2n) is 7.68. The number of hydrogen-bond acceptors (Lipinski definition) is 4. The minimum Gasteiger partial charge on any atom is -0.492 e. The maximum Gasteiger partial charge on any atom is 0.251 e. The molecule has 0 aliphatic heterocycles. The maximum absolute atomic E-state index is 12.5. The van der Waals surface area contributed by atoms with Crippen molar-refractivity contribution in [2.24, 2.45) is 0 Å². The molecule has 2 aromatic rings. The Morgan fingerprint density at radius 3 is 2.37 bits per heavy atom. The Balaban J connectivity index is 1.75. The zero-order valence-electron chi connectivity index (χ0n) is 17.6. The molecule has 0 radical (unpaired) electrons. The van der Waals surface area contributed by atoms with Crippen molar-refractivity contribution in [3.05, 3.63) is 59.7 Å². The Hall–Kier alpha value is -2.54. The van der Waals surface area contributed by atoms with Crippen LogP contribution < -0.4 is 14.4 Å². The summed E-state index contributed by atoms with van der Waals surface area (Å²) >= 11 is 0. The van der Waals surface area contributed by atoms with Crippen LogP contribution in [0.2, 0.25) is 0 Å². The molecule has 1 N–H and O–H groups in total. The van der Waals surface area contributed by atoms with Crippen LogP contribution in [0.15, 0.2) is 48.5 Å². The molecule has 0 saturated heterocycles. The van der Waals surface area contributed by atoms with Gasteiger partial charge in [-0.15, -0.1) is 0 Å². The van der Waals surface area contributed by atoms with Crippen molar-refractivity contribution in [1.82, 2.24) is 5.32 Å². The molecule has 3 rings (SSSR count). The summed E-state index contributed by atoms with van der Waals surface area (Å²) in [6.07, 6.45) is 6.81. The summed E-state index contributed by atoms with van der Waals surface area (Å²) in [4.78, 5) is 12.5. The molecule has 0 unspecified atom stereocenters. The Bertz CT molecular complexity index is 951. The van der Waals surface area contributed by atoms with Gasteiger partial charge >= 0.3 is 0 Å². The third-order valence-corrected chi connectivity index (χ3v) is 6.44. The van der Waals surface area contributed by atoms with Gasteiger partial charge in [-0.2, -0.15) is 0 Å². The average molecular weight is 431 g/mol. The molecule has 6 nitrogen and oxygen atoms in total. The summed E-state index contributed by atoms with van der Waals surface area (Å²) in [6.45, 7) is 2.46. The Morgan fingerprint density at radius 1 is 1.07 bits per heavy atom. The van der Waals surface area contributed by atoms with Crippen molar-refractivity contribution in [3.8, 4) is 5.75 Å². The molecule has 0 heterocycles. The van der Waals surface area contributed by atoms with E-state index in [1.165, 1.54) is 17.0 Å². The van der Waals surface area contributed by atoms with Crippen LogP contribution in [-0.2, 0) is 16.6 Å². The Kier molecular flexibility index (Phi) is 7.37. The molecular formula is C23H30N2O4S. The number of hydrogen-bond donors (Lipinski definition) is 1. The summed E-state index contributed by atoms with van der Waals surface area (Å²) < 4.78 is 31.9. The maximum atomic E-state index is 12.5. The van der Waals surface area contributed by atoms with Gasteiger partial charge in [0.05, 0.1) is 25.1 Å². The van der Waals surface area contributed by atoms with E-state index in [4.69, 9.17) is 4.74 Å². The van der Waals surface area contributed by atoms with Crippen LogP contribution in [0.3, 0.4) is 0 Å². The normalized spacial score (nSPS) is 14.9. The quantitative estimate of drug-likeness (QED) is 0.684. The van der Waals surface area contributed by atoms with E-state index in [0.29, 0.717) is 23.6 Å². The highest BCUT2D eigenvalue weighted by atomic mass is 32.2. The summed E-state index contributed by atoms with van der Waals surface area (Å²) in [5.74, 6) is 0.448. The molecule has 2 aromatic carbocycles. The highest BCUT2D eigenvalue weighted by Crippen LogP contribution is 2.31. The smallest absolute Gasteiger partial charge is 0.251 e. The van der Waals surface area contributed by atoms with E-state index in [1.807, 2.05) is 13.0 Å². The van der Waals surface area contributed by atoms with Gasteiger partial charge in [-0.3, -0.25) is 9.10 Å². The summed E-state index contributed by atoms with van der Waals surface area (Å²) in [5.41, 5.74) is 1.88. The van der Waals surface area contributed by atoms with Crippen LogP contribution in [0.4, 0.5) is 5.69 Å². The van der Waals surface area contributed by atoms with Crippen LogP contribution in [-0.4, -0.2) is 33.2 Å². The molecule has 1 saturated carbocycles. The predicted molar refractivity (Wildman–Crippen MR) is 119 cm³/mol. The Labute approximate surface area is 179 Å². The lowest BCUT2D eigenvalue weighted by Gasteiger charge is -2.25. The van der Waals surface area contributed by atoms with Crippen molar-refractivity contribution in [1.29, 1.82) is 0 Å². The number of carbonyl (C=O) groups is 1. The van der Waals surface area contributed by atoms with Crippen LogP contribution in [0, 0.1) is 0 Å². The highest BCUT2D eigenvalue weighted by Gasteiger charge is 2.22. The van der Waals surface area contributed by atoms with Gasteiger partial charge in [-0.25, -0.2) is 8.42 Å². The molecule has 1 aliphatic carbocycles. The number of sulfonamides is 1. The van der Waals surface area contributed by atoms with Gasteiger partial charge in [0.1, 0.15) is 5.75 Å². The lowest BCUT2D eigenvalue weighted by molar-refractivity contribution is 0.0927. The monoisotopic (exact) mass is 430 g/mol. The Morgan fingerprint density at radius 2 is 1.73 bits per heavy atom. The number of nitrogens with one attached hydrogen (secondary N) is 1. The first-order valence-corrected chi connectivity index (χ1v) is 12.3. The molecule has 30 heavy (non-hydrogen) atoms. The second kappa shape index (κ2) is 9.98. The molecular weight excluding hydrogens is 400 g/mol. The van der Waals surface area contributed by atoms with E-state index in [2.05, 4.69) is 5.32 Å². The number of nitrogens with zero attached hydrogens (tertiary/aromatic N) is 1. The van der Waals surface area contributed by atoms with Crippen LogP contribution >= 0.6 is 0 Å². The number of para-hydroxylation sites is 2. The largest absolute Gasteiger partial charge is 0.492 e. The van der Waals surface area contributed by atoms with Crippen LogP contribution in [0.25, 0.3) is 0 Å². The molecule has 162 valence electrons. The number of ether oxygens (including phenoxy) is 1. The first-order chi connectivity index (χ1) is 14.4.